The lowest BCUT2D eigenvalue weighted by Gasteiger charge is -2.43. The van der Waals surface area contributed by atoms with Gasteiger partial charge in [-0.25, -0.2) is 19.2 Å². The molecule has 41 heavy (non-hydrogen) atoms. The van der Waals surface area contributed by atoms with Crippen LogP contribution in [0.15, 0.2) is 60.7 Å². The first-order chi connectivity index (χ1) is 19.4. The van der Waals surface area contributed by atoms with Gasteiger partial charge in [0.2, 0.25) is 0 Å². The van der Waals surface area contributed by atoms with Crippen molar-refractivity contribution in [3.8, 4) is 0 Å². The molecule has 1 fully saturated rings. The van der Waals surface area contributed by atoms with Crippen molar-refractivity contribution in [2.75, 3.05) is 33.8 Å². The predicted octanol–water partition coefficient (Wildman–Crippen LogP) is 2.32. The van der Waals surface area contributed by atoms with Crippen LogP contribution in [0.2, 0.25) is 0 Å². The summed E-state index contributed by atoms with van der Waals surface area (Å²) in [4.78, 5) is 38.8. The van der Waals surface area contributed by atoms with Gasteiger partial charge in [0, 0.05) is 18.6 Å². The second-order valence-electron chi connectivity index (χ2n) is 9.72. The summed E-state index contributed by atoms with van der Waals surface area (Å²) in [6.07, 6.45) is 5.67. The third kappa shape index (κ3) is 13.4. The highest BCUT2D eigenvalue weighted by atomic mass is 16.5. The lowest BCUT2D eigenvalue weighted by molar-refractivity contribution is -0.159. The average Bonchev–Trinajstić information content (AvgIpc) is 2.95. The summed E-state index contributed by atoms with van der Waals surface area (Å²) in [5, 5.41) is 43.6. The van der Waals surface area contributed by atoms with Crippen molar-refractivity contribution in [3.05, 3.63) is 71.8 Å². The highest BCUT2D eigenvalue weighted by Gasteiger charge is 2.33. The van der Waals surface area contributed by atoms with E-state index in [2.05, 4.69) is 48.6 Å². The van der Waals surface area contributed by atoms with E-state index in [0.29, 0.717) is 13.2 Å². The fraction of sp³-hybridized carbons (Fsp3) is 0.448. The van der Waals surface area contributed by atoms with Crippen LogP contribution >= 0.6 is 0 Å². The van der Waals surface area contributed by atoms with Crippen molar-refractivity contribution in [3.63, 3.8) is 0 Å². The zero-order chi connectivity index (χ0) is 30.8. The number of aliphatic hydroxyl groups excluding tert-OH is 1. The standard InChI is InChI=1S/C25H36N2O2.2C2H2O4/c1-27(2)25(16-10-5-11-17-25)20-26-18-23(28)19-29-24(21-12-6-3-7-13-21)22-14-8-4-9-15-22;2*3-1(4)2(5)6/h3-4,6-9,12-15,23-24,26,28H,5,10-11,16-20H2,1-2H3;2*(H,3,4)(H,5,6). The van der Waals surface area contributed by atoms with Gasteiger partial charge in [-0.05, 0) is 38.1 Å². The summed E-state index contributed by atoms with van der Waals surface area (Å²) in [6.45, 7) is 1.76. The summed E-state index contributed by atoms with van der Waals surface area (Å²) in [5.74, 6) is -7.30. The number of carboxylic acids is 4. The zero-order valence-corrected chi connectivity index (χ0v) is 23.3. The van der Waals surface area contributed by atoms with Crippen molar-refractivity contribution in [2.45, 2.75) is 49.9 Å². The molecule has 0 saturated heterocycles. The Morgan fingerprint density at radius 2 is 1.20 bits per heavy atom. The van der Waals surface area contributed by atoms with Crippen LogP contribution in [0, 0.1) is 0 Å². The Bertz CT molecular complexity index is 986. The minimum Gasteiger partial charge on any atom is -0.473 e. The smallest absolute Gasteiger partial charge is 0.414 e. The third-order valence-electron chi connectivity index (χ3n) is 6.59. The van der Waals surface area contributed by atoms with Gasteiger partial charge in [-0.3, -0.25) is 0 Å². The lowest BCUT2D eigenvalue weighted by atomic mass is 9.80. The van der Waals surface area contributed by atoms with Crippen LogP contribution in [0.3, 0.4) is 0 Å². The van der Waals surface area contributed by atoms with Crippen molar-refractivity contribution < 1.29 is 49.4 Å². The van der Waals surface area contributed by atoms with Crippen LogP contribution in [-0.4, -0.2) is 99.7 Å². The Morgan fingerprint density at radius 3 is 1.56 bits per heavy atom. The second kappa shape index (κ2) is 18.5. The number of aliphatic carboxylic acids is 4. The number of hydrogen-bond donors (Lipinski definition) is 6. The van der Waals surface area contributed by atoms with Gasteiger partial charge in [0.15, 0.2) is 0 Å². The molecule has 2 aromatic rings. The molecule has 226 valence electrons. The molecule has 1 aliphatic rings. The Balaban J connectivity index is 0.000000588. The first kappa shape index (κ1) is 35.2. The van der Waals surface area contributed by atoms with E-state index in [1.807, 2.05) is 36.4 Å². The third-order valence-corrected chi connectivity index (χ3v) is 6.59. The quantitative estimate of drug-likeness (QED) is 0.226. The number of rotatable bonds is 10. The molecule has 1 atom stereocenters. The largest absolute Gasteiger partial charge is 0.473 e. The van der Waals surface area contributed by atoms with E-state index < -0.39 is 30.0 Å². The van der Waals surface area contributed by atoms with Crippen LogP contribution in [0.1, 0.15) is 49.3 Å². The van der Waals surface area contributed by atoms with Crippen LogP contribution in [0.25, 0.3) is 0 Å². The molecule has 0 aliphatic heterocycles. The molecule has 1 aliphatic carbocycles. The van der Waals surface area contributed by atoms with E-state index in [9.17, 15) is 5.11 Å². The molecule has 3 rings (SSSR count). The molecule has 2 aromatic carbocycles. The molecule has 6 N–H and O–H groups in total. The van der Waals surface area contributed by atoms with Crippen molar-refractivity contribution >= 4 is 23.9 Å². The SMILES string of the molecule is CN(C)C1(CNCC(O)COC(c2ccccc2)c2ccccc2)CCCCC1.O=C(O)C(=O)O.O=C(O)C(=O)O. The number of benzene rings is 2. The molecular formula is C29H40N2O10. The van der Waals surface area contributed by atoms with Crippen LogP contribution in [-0.2, 0) is 23.9 Å². The number of ether oxygens (including phenoxy) is 1. The maximum Gasteiger partial charge on any atom is 0.414 e. The molecule has 1 saturated carbocycles. The topological polar surface area (TPSA) is 194 Å². The summed E-state index contributed by atoms with van der Waals surface area (Å²) in [6, 6.07) is 20.4. The first-order valence-electron chi connectivity index (χ1n) is 13.1. The highest BCUT2D eigenvalue weighted by Crippen LogP contribution is 2.31. The Hall–Kier alpha value is -3.84. The van der Waals surface area contributed by atoms with E-state index in [1.54, 1.807) is 0 Å². The van der Waals surface area contributed by atoms with Crippen LogP contribution < -0.4 is 5.32 Å². The maximum atomic E-state index is 10.5. The van der Waals surface area contributed by atoms with Gasteiger partial charge in [-0.15, -0.1) is 0 Å². The molecule has 12 heteroatoms. The molecule has 12 nitrogen and oxygen atoms in total. The summed E-state index contributed by atoms with van der Waals surface area (Å²) in [5.41, 5.74) is 2.43. The molecule has 1 unspecified atom stereocenters. The first-order valence-corrected chi connectivity index (χ1v) is 13.1. The number of carbonyl (C=O) groups is 4. The van der Waals surface area contributed by atoms with E-state index >= 15 is 0 Å². The molecule has 0 radical (unpaired) electrons. The Labute approximate surface area is 239 Å². The van der Waals surface area contributed by atoms with Gasteiger partial charge in [-0.2, -0.15) is 0 Å². The number of likely N-dealkylation sites (N-methyl/N-ethyl adjacent to an activating group) is 1. The van der Waals surface area contributed by atoms with Gasteiger partial charge < -0.3 is 40.5 Å². The van der Waals surface area contributed by atoms with Crippen molar-refractivity contribution in [2.24, 2.45) is 0 Å². The van der Waals surface area contributed by atoms with Crippen LogP contribution in [0.4, 0.5) is 0 Å². The van der Waals surface area contributed by atoms with E-state index in [0.717, 1.165) is 17.7 Å². The zero-order valence-electron chi connectivity index (χ0n) is 23.3. The summed E-state index contributed by atoms with van der Waals surface area (Å²) >= 11 is 0. The van der Waals surface area contributed by atoms with Gasteiger partial charge in [-0.1, -0.05) is 79.9 Å². The van der Waals surface area contributed by atoms with Gasteiger partial charge in [0.05, 0.1) is 12.7 Å². The number of carboxylic acid groups (broad SMARTS) is 4. The van der Waals surface area contributed by atoms with Gasteiger partial charge in [0.1, 0.15) is 6.10 Å². The van der Waals surface area contributed by atoms with E-state index in [1.165, 1.54) is 32.1 Å². The Morgan fingerprint density at radius 1 is 0.780 bits per heavy atom. The van der Waals surface area contributed by atoms with Crippen LogP contribution in [0.5, 0.6) is 0 Å². The lowest BCUT2D eigenvalue weighted by Crippen LogP contribution is -2.53. The van der Waals surface area contributed by atoms with Crippen molar-refractivity contribution in [1.82, 2.24) is 10.2 Å². The molecule has 0 heterocycles. The number of nitrogens with one attached hydrogen (secondary N) is 1. The van der Waals surface area contributed by atoms with Crippen molar-refractivity contribution in [1.29, 1.82) is 0 Å². The van der Waals surface area contributed by atoms with E-state index in [-0.39, 0.29) is 11.6 Å². The maximum absolute atomic E-state index is 10.5. The molecule has 0 aromatic heterocycles. The highest BCUT2D eigenvalue weighted by molar-refractivity contribution is 6.27. The monoisotopic (exact) mass is 576 g/mol. The summed E-state index contributed by atoms with van der Waals surface area (Å²) < 4.78 is 6.19. The number of hydrogen-bond acceptors (Lipinski definition) is 8. The minimum atomic E-state index is -1.82. The van der Waals surface area contributed by atoms with Gasteiger partial charge in [0.25, 0.3) is 0 Å². The molecular weight excluding hydrogens is 536 g/mol. The Kier molecular flexibility index (Phi) is 15.9. The van der Waals surface area contributed by atoms with Gasteiger partial charge >= 0.3 is 23.9 Å². The number of nitrogens with zero attached hydrogens (tertiary/aromatic N) is 1. The van der Waals surface area contributed by atoms with E-state index in [4.69, 9.17) is 44.3 Å². The molecule has 0 bridgehead atoms. The molecule has 0 amide bonds. The predicted molar refractivity (Wildman–Crippen MR) is 150 cm³/mol. The fourth-order valence-corrected chi connectivity index (χ4v) is 4.37. The second-order valence-corrected chi connectivity index (χ2v) is 9.72. The number of aliphatic hydroxyl groups is 1. The summed E-state index contributed by atoms with van der Waals surface area (Å²) in [7, 11) is 4.35. The molecule has 0 spiro atoms. The normalized spacial score (nSPS) is 14.6. The minimum absolute atomic E-state index is 0.168. The average molecular weight is 577 g/mol. The fourth-order valence-electron chi connectivity index (χ4n) is 4.37.